The summed E-state index contributed by atoms with van der Waals surface area (Å²) in [5.41, 5.74) is 2.12. The number of hydrogen-bond acceptors (Lipinski definition) is 5. The van der Waals surface area contributed by atoms with Crippen LogP contribution in [0.15, 0.2) is 29.2 Å². The zero-order valence-electron chi connectivity index (χ0n) is 16.4. The highest BCUT2D eigenvalue weighted by atomic mass is 35.5. The fourth-order valence-corrected chi connectivity index (χ4v) is 3.96. The lowest BCUT2D eigenvalue weighted by atomic mass is 10.1. The maximum absolute atomic E-state index is 14.4. The third kappa shape index (κ3) is 3.49. The highest BCUT2D eigenvalue weighted by Crippen LogP contribution is 2.41. The van der Waals surface area contributed by atoms with Crippen LogP contribution in [0.25, 0.3) is 22.3 Å². The molecule has 1 saturated carbocycles. The Morgan fingerprint density at radius 3 is 2.76 bits per heavy atom. The Hall–Kier alpha value is -2.51. The molecule has 2 heterocycles. The average Bonchev–Trinajstić information content (AvgIpc) is 3.54. The van der Waals surface area contributed by atoms with Gasteiger partial charge in [-0.3, -0.25) is 14.3 Å². The van der Waals surface area contributed by atoms with Crippen LogP contribution in [-0.4, -0.2) is 35.4 Å². The topological polar surface area (TPSA) is 66.2 Å². The quantitative estimate of drug-likeness (QED) is 0.602. The lowest BCUT2D eigenvalue weighted by Gasteiger charge is -2.22. The van der Waals surface area contributed by atoms with E-state index in [0.717, 1.165) is 12.8 Å². The molecule has 152 valence electrons. The predicted molar refractivity (Wildman–Crippen MR) is 109 cm³/mol. The Kier molecular flexibility index (Phi) is 5.27. The van der Waals surface area contributed by atoms with Crippen LogP contribution in [0.5, 0.6) is 5.75 Å². The van der Waals surface area contributed by atoms with Gasteiger partial charge in [-0.15, -0.1) is 0 Å². The van der Waals surface area contributed by atoms with E-state index in [1.807, 2.05) is 0 Å². The molecule has 0 bridgehead atoms. The molecule has 2 aromatic heterocycles. The molecule has 0 unspecified atom stereocenters. The Morgan fingerprint density at radius 2 is 2.10 bits per heavy atom. The van der Waals surface area contributed by atoms with E-state index in [2.05, 4.69) is 9.97 Å². The van der Waals surface area contributed by atoms with Crippen LogP contribution >= 0.6 is 11.6 Å². The first-order valence-corrected chi connectivity index (χ1v) is 9.74. The van der Waals surface area contributed by atoms with Gasteiger partial charge in [-0.2, -0.15) is 0 Å². The molecule has 0 aliphatic heterocycles. The minimum Gasteiger partial charge on any atom is -0.494 e. The molecule has 0 N–H and O–H groups in total. The lowest BCUT2D eigenvalue weighted by molar-refractivity contribution is 0.145. The molecule has 1 aromatic carbocycles. The number of fused-ring (bicyclic) bond motifs is 1. The molecule has 1 fully saturated rings. The molecule has 1 aliphatic carbocycles. The van der Waals surface area contributed by atoms with E-state index in [9.17, 15) is 9.18 Å². The van der Waals surface area contributed by atoms with Gasteiger partial charge in [-0.25, -0.2) is 9.37 Å². The third-order valence-corrected chi connectivity index (χ3v) is 5.61. The zero-order chi connectivity index (χ0) is 20.7. The van der Waals surface area contributed by atoms with Crippen molar-refractivity contribution in [2.45, 2.75) is 25.8 Å². The Labute approximate surface area is 172 Å². The van der Waals surface area contributed by atoms with Gasteiger partial charge in [-0.05, 0) is 37.8 Å². The Morgan fingerprint density at radius 1 is 1.34 bits per heavy atom. The molecule has 0 amide bonds. The monoisotopic (exact) mass is 417 g/mol. The summed E-state index contributed by atoms with van der Waals surface area (Å²) in [5.74, 6) is -0.115. The summed E-state index contributed by atoms with van der Waals surface area (Å²) >= 11 is 6.40. The Bertz CT molecular complexity index is 1140. The summed E-state index contributed by atoms with van der Waals surface area (Å²) in [6.45, 7) is 2.10. The molecule has 0 radical (unpaired) electrons. The first-order valence-electron chi connectivity index (χ1n) is 9.36. The van der Waals surface area contributed by atoms with Gasteiger partial charge >= 0.3 is 0 Å². The van der Waals surface area contributed by atoms with E-state index in [0.29, 0.717) is 40.5 Å². The number of ether oxygens (including phenoxy) is 2. The molecular weight excluding hydrogens is 397 g/mol. The van der Waals surface area contributed by atoms with E-state index >= 15 is 0 Å². The highest BCUT2D eigenvalue weighted by Gasteiger charge is 2.34. The molecule has 29 heavy (non-hydrogen) atoms. The summed E-state index contributed by atoms with van der Waals surface area (Å²) in [7, 11) is 3.01. The van der Waals surface area contributed by atoms with Gasteiger partial charge < -0.3 is 9.47 Å². The van der Waals surface area contributed by atoms with Crippen molar-refractivity contribution in [3.05, 3.63) is 51.3 Å². The van der Waals surface area contributed by atoms with Gasteiger partial charge in [0.25, 0.3) is 5.56 Å². The van der Waals surface area contributed by atoms with E-state index in [4.69, 9.17) is 21.1 Å². The van der Waals surface area contributed by atoms with Gasteiger partial charge in [0.15, 0.2) is 11.6 Å². The maximum atomic E-state index is 14.4. The first kappa shape index (κ1) is 19.8. The maximum Gasteiger partial charge on any atom is 0.272 e. The fourth-order valence-electron chi connectivity index (χ4n) is 3.71. The van der Waals surface area contributed by atoms with Crippen molar-refractivity contribution in [3.63, 3.8) is 0 Å². The first-order chi connectivity index (χ1) is 14.0. The summed E-state index contributed by atoms with van der Waals surface area (Å²) in [5, 5.41) is 0.288. The van der Waals surface area contributed by atoms with E-state index in [1.54, 1.807) is 30.9 Å². The minimum atomic E-state index is -0.550. The molecule has 8 heteroatoms. The van der Waals surface area contributed by atoms with Crippen molar-refractivity contribution in [3.8, 4) is 17.0 Å². The molecule has 0 saturated heterocycles. The summed E-state index contributed by atoms with van der Waals surface area (Å²) in [6, 6.07) is 4.36. The standard InChI is InChI=1S/C21H21ClFN3O3/c1-11-21(27)26(17(10-28-2)12-4-5-12)16-6-7-24-19(20(16)25-11)13-8-15(23)18(29-3)9-14(13)22/h6-9,12,17H,4-5,10H2,1-3H3/t17-/m0/s1. The number of rotatable bonds is 6. The van der Waals surface area contributed by atoms with Crippen LogP contribution in [0.4, 0.5) is 4.39 Å². The molecule has 1 atom stereocenters. The molecule has 0 spiro atoms. The Balaban J connectivity index is 2.00. The zero-order valence-corrected chi connectivity index (χ0v) is 17.2. The van der Waals surface area contributed by atoms with E-state index < -0.39 is 5.82 Å². The van der Waals surface area contributed by atoms with Crippen LogP contribution in [0.3, 0.4) is 0 Å². The highest BCUT2D eigenvalue weighted by molar-refractivity contribution is 6.33. The number of aromatic nitrogens is 3. The van der Waals surface area contributed by atoms with Crippen molar-refractivity contribution < 1.29 is 13.9 Å². The van der Waals surface area contributed by atoms with E-state index in [-0.39, 0.29) is 22.4 Å². The fraction of sp³-hybridized carbons (Fsp3) is 0.381. The summed E-state index contributed by atoms with van der Waals surface area (Å²) in [6.07, 6.45) is 3.69. The summed E-state index contributed by atoms with van der Waals surface area (Å²) < 4.78 is 26.5. The van der Waals surface area contributed by atoms with Crippen LogP contribution < -0.4 is 10.3 Å². The van der Waals surface area contributed by atoms with E-state index in [1.165, 1.54) is 19.2 Å². The van der Waals surface area contributed by atoms with Crippen molar-refractivity contribution in [2.75, 3.05) is 20.8 Å². The molecule has 6 nitrogen and oxygen atoms in total. The number of nitrogens with zero attached hydrogens (tertiary/aromatic N) is 3. The molecule has 4 rings (SSSR count). The number of methoxy groups -OCH3 is 2. The second kappa shape index (κ2) is 7.72. The van der Waals surface area contributed by atoms with Crippen molar-refractivity contribution in [1.82, 2.24) is 14.5 Å². The lowest BCUT2D eigenvalue weighted by Crippen LogP contribution is -2.31. The van der Waals surface area contributed by atoms with Crippen molar-refractivity contribution in [1.29, 1.82) is 0 Å². The number of aryl methyl sites for hydroxylation is 1. The number of halogens is 2. The molecular formula is C21H21ClFN3O3. The third-order valence-electron chi connectivity index (χ3n) is 5.30. The van der Waals surface area contributed by atoms with Gasteiger partial charge in [0.05, 0.1) is 36.0 Å². The second-order valence-electron chi connectivity index (χ2n) is 7.23. The van der Waals surface area contributed by atoms with Crippen LogP contribution in [0.2, 0.25) is 5.02 Å². The summed E-state index contributed by atoms with van der Waals surface area (Å²) in [4.78, 5) is 21.9. The van der Waals surface area contributed by atoms with Gasteiger partial charge in [0.1, 0.15) is 11.2 Å². The average molecular weight is 418 g/mol. The number of pyridine rings is 1. The van der Waals surface area contributed by atoms with Crippen molar-refractivity contribution in [2.24, 2.45) is 5.92 Å². The van der Waals surface area contributed by atoms with Crippen LogP contribution in [0.1, 0.15) is 24.6 Å². The predicted octanol–water partition coefficient (Wildman–Crippen LogP) is 4.17. The van der Waals surface area contributed by atoms with Crippen molar-refractivity contribution >= 4 is 22.6 Å². The molecule has 1 aliphatic rings. The smallest absolute Gasteiger partial charge is 0.272 e. The normalized spacial score (nSPS) is 14.9. The van der Waals surface area contributed by atoms with Crippen LogP contribution in [0, 0.1) is 18.7 Å². The second-order valence-corrected chi connectivity index (χ2v) is 7.63. The largest absolute Gasteiger partial charge is 0.494 e. The minimum absolute atomic E-state index is 0.0499. The van der Waals surface area contributed by atoms with Gasteiger partial charge in [0.2, 0.25) is 0 Å². The molecule has 3 aromatic rings. The number of hydrogen-bond donors (Lipinski definition) is 0. The van der Waals surface area contributed by atoms with Gasteiger partial charge in [-0.1, -0.05) is 11.6 Å². The SMILES string of the molecule is COC[C@@H](C1CC1)n1c(=O)c(C)nc2c(-c3cc(F)c(OC)cc3Cl)nccc21. The van der Waals surface area contributed by atoms with Crippen LogP contribution in [-0.2, 0) is 4.74 Å². The number of benzene rings is 1. The van der Waals surface area contributed by atoms with Gasteiger partial charge in [0, 0.05) is 24.9 Å².